The SMILES string of the molecule is Cc1ccc(C2CC(C(=O)NC(Cn3cccn3)c3ccccc3)NN2)o1. The van der Waals surface area contributed by atoms with Gasteiger partial charge in [0.25, 0.3) is 0 Å². The molecule has 0 spiro atoms. The number of nitrogens with zero attached hydrogens (tertiary/aromatic N) is 2. The molecule has 1 amide bonds. The van der Waals surface area contributed by atoms with E-state index in [0.29, 0.717) is 13.0 Å². The van der Waals surface area contributed by atoms with Crippen molar-refractivity contribution >= 4 is 5.91 Å². The Labute approximate surface area is 157 Å². The first kappa shape index (κ1) is 17.5. The molecule has 1 aromatic carbocycles. The van der Waals surface area contributed by atoms with E-state index in [1.165, 1.54) is 0 Å². The van der Waals surface area contributed by atoms with E-state index in [0.717, 1.165) is 17.1 Å². The van der Waals surface area contributed by atoms with Crippen molar-refractivity contribution in [2.75, 3.05) is 0 Å². The van der Waals surface area contributed by atoms with Gasteiger partial charge in [-0.3, -0.25) is 9.48 Å². The maximum atomic E-state index is 12.9. The van der Waals surface area contributed by atoms with E-state index >= 15 is 0 Å². The minimum atomic E-state index is -0.329. The molecule has 3 unspecified atom stereocenters. The first-order valence-electron chi connectivity index (χ1n) is 9.09. The summed E-state index contributed by atoms with van der Waals surface area (Å²) in [6.45, 7) is 2.49. The number of aromatic nitrogens is 2. The topological polar surface area (TPSA) is 84.1 Å². The van der Waals surface area contributed by atoms with E-state index in [1.807, 2.05) is 66.3 Å². The number of furan rings is 1. The summed E-state index contributed by atoms with van der Waals surface area (Å²) in [5.41, 5.74) is 7.29. The summed E-state index contributed by atoms with van der Waals surface area (Å²) in [6, 6.07) is 15.2. The van der Waals surface area contributed by atoms with Crippen molar-refractivity contribution in [2.24, 2.45) is 0 Å². The predicted molar refractivity (Wildman–Crippen MR) is 100 cm³/mol. The normalized spacial score (nSPS) is 20.5. The van der Waals surface area contributed by atoms with Gasteiger partial charge in [-0.1, -0.05) is 30.3 Å². The van der Waals surface area contributed by atoms with Crippen molar-refractivity contribution in [3.63, 3.8) is 0 Å². The number of hydrogen-bond donors (Lipinski definition) is 3. The lowest BCUT2D eigenvalue weighted by Crippen LogP contribution is -2.45. The molecule has 3 heterocycles. The third-order valence-corrected chi connectivity index (χ3v) is 4.77. The molecule has 1 saturated heterocycles. The van der Waals surface area contributed by atoms with Crippen LogP contribution < -0.4 is 16.2 Å². The van der Waals surface area contributed by atoms with Crippen LogP contribution >= 0.6 is 0 Å². The first-order chi connectivity index (χ1) is 13.2. The molecule has 3 aromatic rings. The Kier molecular flexibility index (Phi) is 5.04. The summed E-state index contributed by atoms with van der Waals surface area (Å²) >= 11 is 0. The molecule has 1 aliphatic heterocycles. The van der Waals surface area contributed by atoms with Gasteiger partial charge < -0.3 is 9.73 Å². The fraction of sp³-hybridized carbons (Fsp3) is 0.300. The molecule has 7 heteroatoms. The summed E-state index contributed by atoms with van der Waals surface area (Å²) in [5.74, 6) is 1.66. The van der Waals surface area contributed by atoms with Crippen LogP contribution in [0.5, 0.6) is 0 Å². The molecule has 0 aliphatic carbocycles. The molecule has 1 aliphatic rings. The second-order valence-electron chi connectivity index (χ2n) is 6.78. The van der Waals surface area contributed by atoms with Crippen molar-refractivity contribution in [1.29, 1.82) is 0 Å². The van der Waals surface area contributed by atoms with Gasteiger partial charge in [0.05, 0.1) is 18.6 Å². The van der Waals surface area contributed by atoms with Crippen LogP contribution in [-0.2, 0) is 11.3 Å². The number of carbonyl (C=O) groups excluding carboxylic acids is 1. The monoisotopic (exact) mass is 365 g/mol. The van der Waals surface area contributed by atoms with Crippen molar-refractivity contribution in [1.82, 2.24) is 25.9 Å². The molecule has 27 heavy (non-hydrogen) atoms. The van der Waals surface area contributed by atoms with E-state index in [-0.39, 0.29) is 24.0 Å². The van der Waals surface area contributed by atoms with Crippen LogP contribution in [0.3, 0.4) is 0 Å². The van der Waals surface area contributed by atoms with Gasteiger partial charge in [-0.15, -0.1) is 0 Å². The summed E-state index contributed by atoms with van der Waals surface area (Å²) in [6.07, 6.45) is 4.26. The Morgan fingerprint density at radius 3 is 2.81 bits per heavy atom. The number of hydrogen-bond acceptors (Lipinski definition) is 5. The van der Waals surface area contributed by atoms with E-state index < -0.39 is 0 Å². The molecule has 0 radical (unpaired) electrons. The number of benzene rings is 1. The first-order valence-corrected chi connectivity index (χ1v) is 9.09. The molecule has 4 rings (SSSR count). The molecule has 3 N–H and O–H groups in total. The van der Waals surface area contributed by atoms with E-state index in [1.54, 1.807) is 6.20 Å². The maximum Gasteiger partial charge on any atom is 0.239 e. The van der Waals surface area contributed by atoms with Crippen LogP contribution in [0, 0.1) is 6.92 Å². The second kappa shape index (κ2) is 7.77. The van der Waals surface area contributed by atoms with E-state index in [9.17, 15) is 4.79 Å². The third-order valence-electron chi connectivity index (χ3n) is 4.77. The third kappa shape index (κ3) is 4.10. The van der Waals surface area contributed by atoms with E-state index in [2.05, 4.69) is 21.3 Å². The van der Waals surface area contributed by atoms with Crippen LogP contribution in [0.25, 0.3) is 0 Å². The summed E-state index contributed by atoms with van der Waals surface area (Å²) < 4.78 is 7.50. The molecule has 3 atom stereocenters. The lowest BCUT2D eigenvalue weighted by Gasteiger charge is -2.21. The van der Waals surface area contributed by atoms with Crippen LogP contribution in [-0.4, -0.2) is 21.7 Å². The molecule has 0 bridgehead atoms. The summed E-state index contributed by atoms with van der Waals surface area (Å²) in [4.78, 5) is 12.9. The van der Waals surface area contributed by atoms with Gasteiger partial charge in [0.1, 0.15) is 17.6 Å². The summed E-state index contributed by atoms with van der Waals surface area (Å²) in [5, 5.41) is 7.42. The lowest BCUT2D eigenvalue weighted by molar-refractivity contribution is -0.123. The molecular formula is C20H23N5O2. The highest BCUT2D eigenvalue weighted by atomic mass is 16.3. The fourth-order valence-electron chi connectivity index (χ4n) is 3.34. The predicted octanol–water partition coefficient (Wildman–Crippen LogP) is 2.25. The second-order valence-corrected chi connectivity index (χ2v) is 6.78. The Morgan fingerprint density at radius 1 is 1.26 bits per heavy atom. The minimum absolute atomic E-state index is 0.0178. The highest BCUT2D eigenvalue weighted by molar-refractivity contribution is 5.82. The number of amides is 1. The van der Waals surface area contributed by atoms with Gasteiger partial charge in [-0.25, -0.2) is 10.9 Å². The number of hydrazine groups is 1. The van der Waals surface area contributed by atoms with Gasteiger partial charge in [0.2, 0.25) is 5.91 Å². The number of rotatable bonds is 6. The Balaban J connectivity index is 1.44. The highest BCUT2D eigenvalue weighted by Gasteiger charge is 2.32. The Bertz CT molecular complexity index is 875. The average Bonchev–Trinajstić information content (AvgIpc) is 3.43. The standard InChI is InChI=1S/C20H23N5O2/c1-14-8-9-19(27-14)16-12-17(24-23-16)20(26)22-18(13-25-11-5-10-21-25)15-6-3-2-4-7-15/h2-11,16-18,23-24H,12-13H2,1H3,(H,22,26). The molecule has 140 valence electrons. The van der Waals surface area contributed by atoms with Gasteiger partial charge in [0, 0.05) is 12.4 Å². The summed E-state index contributed by atoms with van der Waals surface area (Å²) in [7, 11) is 0. The molecule has 0 saturated carbocycles. The van der Waals surface area contributed by atoms with Crippen LogP contribution in [0.1, 0.15) is 35.6 Å². The van der Waals surface area contributed by atoms with Crippen LogP contribution in [0.15, 0.2) is 65.3 Å². The van der Waals surface area contributed by atoms with Crippen molar-refractivity contribution in [3.8, 4) is 0 Å². The van der Waals surface area contributed by atoms with Gasteiger partial charge in [0.15, 0.2) is 0 Å². The van der Waals surface area contributed by atoms with Crippen molar-refractivity contribution < 1.29 is 9.21 Å². The Hall–Kier alpha value is -2.90. The smallest absolute Gasteiger partial charge is 0.239 e. The van der Waals surface area contributed by atoms with Gasteiger partial charge >= 0.3 is 0 Å². The largest absolute Gasteiger partial charge is 0.465 e. The number of carbonyl (C=O) groups is 1. The van der Waals surface area contributed by atoms with Crippen LogP contribution in [0.4, 0.5) is 0 Å². The quantitative estimate of drug-likeness (QED) is 0.624. The van der Waals surface area contributed by atoms with Gasteiger partial charge in [-0.05, 0) is 37.1 Å². The molecule has 2 aromatic heterocycles. The molecular weight excluding hydrogens is 342 g/mol. The van der Waals surface area contributed by atoms with Crippen molar-refractivity contribution in [3.05, 3.63) is 78.0 Å². The lowest BCUT2D eigenvalue weighted by atomic mass is 10.0. The molecule has 7 nitrogen and oxygen atoms in total. The average molecular weight is 365 g/mol. The minimum Gasteiger partial charge on any atom is -0.465 e. The zero-order chi connectivity index (χ0) is 18.6. The fourth-order valence-corrected chi connectivity index (χ4v) is 3.34. The highest BCUT2D eigenvalue weighted by Crippen LogP contribution is 2.24. The maximum absolute atomic E-state index is 12.9. The van der Waals surface area contributed by atoms with E-state index in [4.69, 9.17) is 4.42 Å². The zero-order valence-electron chi connectivity index (χ0n) is 15.1. The van der Waals surface area contributed by atoms with Crippen molar-refractivity contribution in [2.45, 2.75) is 38.0 Å². The number of aryl methyl sites for hydroxylation is 1. The van der Waals surface area contributed by atoms with Crippen LogP contribution in [0.2, 0.25) is 0 Å². The Morgan fingerprint density at radius 2 is 2.11 bits per heavy atom. The number of nitrogens with one attached hydrogen (secondary N) is 3. The molecule has 1 fully saturated rings. The van der Waals surface area contributed by atoms with Gasteiger partial charge in [-0.2, -0.15) is 5.10 Å². The zero-order valence-corrected chi connectivity index (χ0v) is 15.1.